The van der Waals surface area contributed by atoms with Crippen LogP contribution in [0.25, 0.3) is 16.7 Å². The van der Waals surface area contributed by atoms with Gasteiger partial charge in [0.2, 0.25) is 0 Å². The molecule has 0 saturated heterocycles. The molecule has 2 aromatic rings. The summed E-state index contributed by atoms with van der Waals surface area (Å²) in [6.07, 6.45) is 1.24. The van der Waals surface area contributed by atoms with Crippen LogP contribution in [0.3, 0.4) is 0 Å². The molecule has 0 spiro atoms. The van der Waals surface area contributed by atoms with E-state index in [2.05, 4.69) is 6.58 Å². The average Bonchev–Trinajstić information content (AvgIpc) is 2.85. The minimum absolute atomic E-state index is 0.0701. The summed E-state index contributed by atoms with van der Waals surface area (Å²) in [5, 5.41) is 0. The van der Waals surface area contributed by atoms with Crippen LogP contribution in [-0.2, 0) is 11.3 Å². The maximum Gasteiger partial charge on any atom is 0.409 e. The number of aromatic nitrogens is 2. The fraction of sp³-hybridized carbons (Fsp3) is 0.500. The normalized spacial score (nSPS) is 11.6. The highest BCUT2D eigenvalue weighted by atomic mass is 16.5. The van der Waals surface area contributed by atoms with Gasteiger partial charge in [0.25, 0.3) is 0 Å². The molecule has 2 rings (SSSR count). The summed E-state index contributed by atoms with van der Waals surface area (Å²) in [4.78, 5) is 26.4. The first-order valence-corrected chi connectivity index (χ1v) is 8.90. The third-order valence-corrected chi connectivity index (χ3v) is 4.44. The van der Waals surface area contributed by atoms with Crippen molar-refractivity contribution in [3.8, 4) is 0 Å². The van der Waals surface area contributed by atoms with E-state index < -0.39 is 0 Å². The summed E-state index contributed by atoms with van der Waals surface area (Å²) >= 11 is 0. The Balaban J connectivity index is 2.13. The van der Waals surface area contributed by atoms with E-state index in [-0.39, 0.29) is 17.3 Å². The fourth-order valence-corrected chi connectivity index (χ4v) is 3.14. The first-order valence-electron chi connectivity index (χ1n) is 8.90. The molecule has 0 bridgehead atoms. The molecule has 0 fully saturated rings. The summed E-state index contributed by atoms with van der Waals surface area (Å²) in [5.41, 5.74) is 2.10. The molecule has 26 heavy (non-hydrogen) atoms. The molecule has 0 saturated carbocycles. The number of unbranched alkanes of at least 4 members (excludes halogenated alkanes) is 1. The summed E-state index contributed by atoms with van der Waals surface area (Å²) in [6.45, 7) is 12.9. The van der Waals surface area contributed by atoms with E-state index in [1.807, 2.05) is 52.0 Å². The van der Waals surface area contributed by atoms with Gasteiger partial charge in [0.15, 0.2) is 0 Å². The molecule has 0 N–H and O–H groups in total. The van der Waals surface area contributed by atoms with Crippen LogP contribution in [0.5, 0.6) is 0 Å². The van der Waals surface area contributed by atoms with Crippen LogP contribution in [0.2, 0.25) is 0 Å². The van der Waals surface area contributed by atoms with E-state index in [9.17, 15) is 9.59 Å². The predicted octanol–water partition coefficient (Wildman–Crippen LogP) is 3.94. The number of allylic oxidation sites excluding steroid dienone is 1. The molecule has 0 unspecified atom stereocenters. The van der Waals surface area contributed by atoms with Crippen LogP contribution in [0.1, 0.15) is 40.5 Å². The number of aryl methyl sites for hydroxylation is 1. The van der Waals surface area contributed by atoms with E-state index in [1.54, 1.807) is 14.0 Å². The van der Waals surface area contributed by atoms with Crippen molar-refractivity contribution in [3.63, 3.8) is 0 Å². The van der Waals surface area contributed by atoms with Crippen molar-refractivity contribution in [2.45, 2.75) is 52.6 Å². The Labute approximate surface area is 154 Å². The van der Waals surface area contributed by atoms with E-state index >= 15 is 0 Å². The summed E-state index contributed by atoms with van der Waals surface area (Å²) in [7, 11) is 1.40. The molecular formula is C20H29N3O3. The minimum atomic E-state index is -0.325. The number of carbonyl (C=O) groups excluding carboxylic acids is 1. The molecule has 1 aromatic carbocycles. The lowest BCUT2D eigenvalue weighted by Gasteiger charge is -2.34. The zero-order valence-corrected chi connectivity index (χ0v) is 16.4. The highest BCUT2D eigenvalue weighted by molar-refractivity contribution is 5.79. The molecule has 0 aliphatic rings. The number of hydrogen-bond donors (Lipinski definition) is 0. The number of ether oxygens (including phenoxy) is 1. The minimum Gasteiger partial charge on any atom is -0.453 e. The average molecular weight is 359 g/mol. The number of amides is 1. The third-order valence-electron chi connectivity index (χ3n) is 4.44. The number of hydrogen-bond acceptors (Lipinski definition) is 3. The maximum atomic E-state index is 12.8. The highest BCUT2D eigenvalue weighted by Crippen LogP contribution is 2.18. The highest BCUT2D eigenvalue weighted by Gasteiger charge is 2.26. The SMILES string of the molecule is C=C(C)n1c(=O)n(CCCCN(C(=O)OC)C(C)(C)C)c2ccccc21. The van der Waals surface area contributed by atoms with Crippen molar-refractivity contribution in [2.75, 3.05) is 13.7 Å². The van der Waals surface area contributed by atoms with E-state index in [4.69, 9.17) is 4.74 Å². The zero-order chi connectivity index (χ0) is 19.5. The van der Waals surface area contributed by atoms with Crippen LogP contribution in [-0.4, -0.2) is 39.3 Å². The lowest BCUT2D eigenvalue weighted by molar-refractivity contribution is 0.0824. The van der Waals surface area contributed by atoms with Gasteiger partial charge < -0.3 is 9.64 Å². The molecule has 0 radical (unpaired) electrons. The molecule has 1 aromatic heterocycles. The molecule has 0 atom stereocenters. The quantitative estimate of drug-likeness (QED) is 0.734. The van der Waals surface area contributed by atoms with Gasteiger partial charge in [0.1, 0.15) is 0 Å². The monoisotopic (exact) mass is 359 g/mol. The Morgan fingerprint density at radius 1 is 1.19 bits per heavy atom. The molecule has 1 heterocycles. The molecule has 0 aliphatic heterocycles. The summed E-state index contributed by atoms with van der Waals surface area (Å²) in [6, 6.07) is 7.73. The number of rotatable bonds is 6. The van der Waals surface area contributed by atoms with Crippen molar-refractivity contribution in [3.05, 3.63) is 41.3 Å². The molecule has 6 nitrogen and oxygen atoms in total. The van der Waals surface area contributed by atoms with Gasteiger partial charge in [0.05, 0.1) is 18.1 Å². The van der Waals surface area contributed by atoms with Crippen molar-refractivity contribution >= 4 is 22.8 Å². The Kier molecular flexibility index (Phi) is 5.95. The topological polar surface area (TPSA) is 56.5 Å². The maximum absolute atomic E-state index is 12.8. The van der Waals surface area contributed by atoms with Gasteiger partial charge in [-0.25, -0.2) is 9.59 Å². The van der Waals surface area contributed by atoms with Crippen LogP contribution in [0.4, 0.5) is 4.79 Å². The van der Waals surface area contributed by atoms with Crippen LogP contribution in [0.15, 0.2) is 35.6 Å². The van der Waals surface area contributed by atoms with Gasteiger partial charge >= 0.3 is 11.8 Å². The Morgan fingerprint density at radius 2 is 1.81 bits per heavy atom. The zero-order valence-electron chi connectivity index (χ0n) is 16.4. The Hall–Kier alpha value is -2.50. The number of nitrogens with zero attached hydrogens (tertiary/aromatic N) is 3. The number of benzene rings is 1. The van der Waals surface area contributed by atoms with E-state index in [0.717, 1.165) is 23.9 Å². The van der Waals surface area contributed by atoms with Crippen LogP contribution >= 0.6 is 0 Å². The summed E-state index contributed by atoms with van der Waals surface area (Å²) in [5.74, 6) is 0. The first kappa shape index (κ1) is 19.8. The molecule has 0 aliphatic carbocycles. The van der Waals surface area contributed by atoms with E-state index in [0.29, 0.717) is 18.8 Å². The first-order chi connectivity index (χ1) is 12.2. The van der Waals surface area contributed by atoms with Crippen molar-refractivity contribution < 1.29 is 9.53 Å². The number of methoxy groups -OCH3 is 1. The smallest absolute Gasteiger partial charge is 0.409 e. The van der Waals surface area contributed by atoms with Crippen LogP contribution < -0.4 is 5.69 Å². The molecule has 1 amide bonds. The number of para-hydroxylation sites is 2. The Bertz CT molecular complexity index is 855. The van der Waals surface area contributed by atoms with Crippen molar-refractivity contribution in [2.24, 2.45) is 0 Å². The van der Waals surface area contributed by atoms with E-state index in [1.165, 1.54) is 7.11 Å². The number of carbonyl (C=O) groups is 1. The number of fused-ring (bicyclic) bond motifs is 1. The second-order valence-corrected chi connectivity index (χ2v) is 7.49. The van der Waals surface area contributed by atoms with Crippen LogP contribution in [0, 0.1) is 0 Å². The predicted molar refractivity (Wildman–Crippen MR) is 105 cm³/mol. The largest absolute Gasteiger partial charge is 0.453 e. The standard InChI is InChI=1S/C20H29N3O3/c1-15(2)23-17-12-8-7-11-16(17)21(18(23)24)13-9-10-14-22(19(25)26-6)20(3,4)5/h7-8,11-12H,1,9-10,13-14H2,2-6H3. The molecule has 142 valence electrons. The van der Waals surface area contributed by atoms with Gasteiger partial charge in [-0.1, -0.05) is 18.7 Å². The third kappa shape index (κ3) is 4.00. The lowest BCUT2D eigenvalue weighted by Crippen LogP contribution is -2.46. The van der Waals surface area contributed by atoms with Gasteiger partial charge in [-0.2, -0.15) is 0 Å². The van der Waals surface area contributed by atoms with Gasteiger partial charge in [-0.15, -0.1) is 0 Å². The van der Waals surface area contributed by atoms with Gasteiger partial charge in [-0.3, -0.25) is 9.13 Å². The molecular weight excluding hydrogens is 330 g/mol. The summed E-state index contributed by atoms with van der Waals surface area (Å²) < 4.78 is 8.30. The Morgan fingerprint density at radius 3 is 2.35 bits per heavy atom. The van der Waals surface area contributed by atoms with Gasteiger partial charge in [-0.05, 0) is 52.7 Å². The second kappa shape index (κ2) is 7.81. The molecule has 6 heteroatoms. The fourth-order valence-electron chi connectivity index (χ4n) is 3.14. The van der Waals surface area contributed by atoms with Gasteiger partial charge in [0, 0.05) is 24.3 Å². The van der Waals surface area contributed by atoms with Crippen molar-refractivity contribution in [1.82, 2.24) is 14.0 Å². The number of imidazole rings is 1. The second-order valence-electron chi connectivity index (χ2n) is 7.49. The lowest BCUT2D eigenvalue weighted by atomic mass is 10.1. The van der Waals surface area contributed by atoms with Crippen molar-refractivity contribution in [1.29, 1.82) is 0 Å².